The second kappa shape index (κ2) is 4.31. The molecular weight excluding hydrogens is 275 g/mol. The minimum absolute atomic E-state index is 0.254. The van der Waals surface area contributed by atoms with E-state index < -0.39 is 17.5 Å². The first-order chi connectivity index (χ1) is 9.02. The lowest BCUT2D eigenvalue weighted by atomic mass is 10.1. The quantitative estimate of drug-likeness (QED) is 0.652. The lowest BCUT2D eigenvalue weighted by Gasteiger charge is -1.98. The van der Waals surface area contributed by atoms with Gasteiger partial charge in [0, 0.05) is 27.7 Å². The van der Waals surface area contributed by atoms with Crippen LogP contribution in [-0.2, 0) is 0 Å². The van der Waals surface area contributed by atoms with E-state index in [1.165, 1.54) is 18.2 Å². The molecule has 19 heavy (non-hydrogen) atoms. The monoisotopic (exact) mass is 281 g/mol. The topological polar surface area (TPSA) is 15.8 Å². The first-order valence-corrected chi connectivity index (χ1v) is 5.85. The van der Waals surface area contributed by atoms with Crippen molar-refractivity contribution < 1.29 is 13.2 Å². The van der Waals surface area contributed by atoms with Crippen molar-refractivity contribution in [2.75, 3.05) is 0 Å². The number of hydrogen-bond donors (Lipinski definition) is 1. The number of hydrogen-bond acceptors (Lipinski definition) is 0. The maximum atomic E-state index is 13.7. The fourth-order valence-corrected chi connectivity index (χ4v) is 2.24. The summed E-state index contributed by atoms with van der Waals surface area (Å²) in [5.41, 5.74) is 0.989. The van der Waals surface area contributed by atoms with Crippen LogP contribution in [0, 0.1) is 17.5 Å². The van der Waals surface area contributed by atoms with Crippen molar-refractivity contribution in [2.45, 2.75) is 0 Å². The highest BCUT2D eigenvalue weighted by Gasteiger charge is 2.10. The van der Waals surface area contributed by atoms with Gasteiger partial charge in [-0.25, -0.2) is 13.2 Å². The van der Waals surface area contributed by atoms with Gasteiger partial charge >= 0.3 is 0 Å². The van der Waals surface area contributed by atoms with Crippen molar-refractivity contribution in [1.82, 2.24) is 4.98 Å². The molecule has 0 aliphatic heterocycles. The van der Waals surface area contributed by atoms with Gasteiger partial charge in [0.2, 0.25) is 0 Å². The molecule has 0 aliphatic carbocycles. The van der Waals surface area contributed by atoms with Crippen LogP contribution in [0.3, 0.4) is 0 Å². The molecule has 2 aromatic carbocycles. The van der Waals surface area contributed by atoms with Crippen LogP contribution in [0.4, 0.5) is 13.2 Å². The number of aromatic nitrogens is 1. The van der Waals surface area contributed by atoms with Gasteiger partial charge in [-0.3, -0.25) is 0 Å². The highest BCUT2D eigenvalue weighted by Crippen LogP contribution is 2.29. The molecule has 1 aromatic heterocycles. The largest absolute Gasteiger partial charge is 0.352 e. The number of nitrogens with one attached hydrogen (secondary N) is 1. The predicted molar refractivity (Wildman–Crippen MR) is 68.6 cm³/mol. The van der Waals surface area contributed by atoms with Gasteiger partial charge < -0.3 is 4.98 Å². The van der Waals surface area contributed by atoms with Crippen LogP contribution >= 0.6 is 11.6 Å². The number of benzene rings is 2. The predicted octanol–water partition coefficient (Wildman–Crippen LogP) is 4.91. The molecule has 0 bridgehead atoms. The second-order valence-electron chi connectivity index (χ2n) is 4.19. The second-order valence-corrected chi connectivity index (χ2v) is 4.63. The fourth-order valence-electron chi connectivity index (χ4n) is 2.03. The summed E-state index contributed by atoms with van der Waals surface area (Å²) in [6.07, 6.45) is 0. The molecule has 96 valence electrons. The minimum atomic E-state index is -0.688. The Labute approximate surface area is 111 Å². The van der Waals surface area contributed by atoms with Crippen LogP contribution in [-0.4, -0.2) is 4.98 Å². The number of halogens is 4. The molecule has 0 atom stereocenters. The molecule has 0 saturated carbocycles. The molecule has 0 saturated heterocycles. The number of H-pyrrole nitrogens is 1. The Morgan fingerprint density at radius 3 is 2.21 bits per heavy atom. The minimum Gasteiger partial charge on any atom is -0.352 e. The third kappa shape index (κ3) is 2.19. The van der Waals surface area contributed by atoms with E-state index in [0.717, 1.165) is 6.07 Å². The highest BCUT2D eigenvalue weighted by molar-refractivity contribution is 6.31. The van der Waals surface area contributed by atoms with E-state index in [2.05, 4.69) is 4.98 Å². The van der Waals surface area contributed by atoms with Crippen LogP contribution in [0.5, 0.6) is 0 Å². The van der Waals surface area contributed by atoms with Crippen LogP contribution in [0.1, 0.15) is 0 Å². The Kier molecular flexibility index (Phi) is 2.75. The summed E-state index contributed by atoms with van der Waals surface area (Å²) < 4.78 is 40.0. The third-order valence-corrected chi connectivity index (χ3v) is 3.04. The molecule has 0 aliphatic rings. The summed E-state index contributed by atoms with van der Waals surface area (Å²) in [7, 11) is 0. The van der Waals surface area contributed by atoms with Crippen molar-refractivity contribution in [3.8, 4) is 11.3 Å². The van der Waals surface area contributed by atoms with E-state index in [-0.39, 0.29) is 10.5 Å². The summed E-state index contributed by atoms with van der Waals surface area (Å²) in [6.45, 7) is 0. The van der Waals surface area contributed by atoms with Gasteiger partial charge in [0.05, 0.1) is 5.52 Å². The molecule has 3 rings (SSSR count). The number of fused-ring (bicyclic) bond motifs is 1. The van der Waals surface area contributed by atoms with Crippen molar-refractivity contribution in [3.05, 3.63) is 58.9 Å². The molecular formula is C14H7ClF3N. The summed E-state index contributed by atoms with van der Waals surface area (Å²) in [5, 5.41) is 0.811. The maximum Gasteiger partial charge on any atom is 0.148 e. The van der Waals surface area contributed by atoms with Crippen LogP contribution in [0.15, 0.2) is 36.4 Å². The van der Waals surface area contributed by atoms with Gasteiger partial charge in [-0.15, -0.1) is 0 Å². The average Bonchev–Trinajstić information content (AvgIpc) is 2.71. The summed E-state index contributed by atoms with van der Waals surface area (Å²) in [4.78, 5) is 2.79. The zero-order valence-corrected chi connectivity index (χ0v) is 10.2. The normalized spacial score (nSPS) is 11.2. The van der Waals surface area contributed by atoms with Crippen LogP contribution < -0.4 is 0 Å². The Balaban J connectivity index is 2.23. The van der Waals surface area contributed by atoms with Crippen molar-refractivity contribution >= 4 is 22.5 Å². The number of rotatable bonds is 1. The van der Waals surface area contributed by atoms with E-state index in [1.807, 2.05) is 0 Å². The molecule has 0 amide bonds. The lowest BCUT2D eigenvalue weighted by Crippen LogP contribution is -1.84. The third-order valence-electron chi connectivity index (χ3n) is 2.82. The molecule has 0 fully saturated rings. The molecule has 0 radical (unpaired) electrons. The first kappa shape index (κ1) is 12.1. The average molecular weight is 282 g/mol. The van der Waals surface area contributed by atoms with Crippen molar-refractivity contribution in [2.24, 2.45) is 0 Å². The Morgan fingerprint density at radius 2 is 1.53 bits per heavy atom. The van der Waals surface area contributed by atoms with Crippen LogP contribution in [0.2, 0.25) is 5.02 Å². The lowest BCUT2D eigenvalue weighted by molar-refractivity contribution is 0.584. The van der Waals surface area contributed by atoms with E-state index in [0.29, 0.717) is 16.6 Å². The summed E-state index contributed by atoms with van der Waals surface area (Å²) in [5.74, 6) is -1.88. The van der Waals surface area contributed by atoms with Crippen LogP contribution in [0.25, 0.3) is 22.2 Å². The molecule has 3 aromatic rings. The van der Waals surface area contributed by atoms with Gasteiger partial charge in [0.15, 0.2) is 0 Å². The summed E-state index contributed by atoms with van der Waals surface area (Å²) >= 11 is 5.76. The van der Waals surface area contributed by atoms with Gasteiger partial charge in [-0.2, -0.15) is 0 Å². The fraction of sp³-hybridized carbons (Fsp3) is 0. The first-order valence-electron chi connectivity index (χ1n) is 5.47. The molecule has 5 heteroatoms. The highest BCUT2D eigenvalue weighted by atomic mass is 35.5. The van der Waals surface area contributed by atoms with Gasteiger partial charge in [0.25, 0.3) is 0 Å². The summed E-state index contributed by atoms with van der Waals surface area (Å²) in [6, 6.07) is 7.48. The van der Waals surface area contributed by atoms with Crippen molar-refractivity contribution in [3.63, 3.8) is 0 Å². The smallest absolute Gasteiger partial charge is 0.148 e. The SMILES string of the molecule is Fc1cc(F)cc(-c2cc3cc(Cl)cc(F)c3[nH]2)c1. The van der Waals surface area contributed by atoms with Gasteiger partial charge in [-0.1, -0.05) is 11.6 Å². The van der Waals surface area contributed by atoms with Crippen molar-refractivity contribution in [1.29, 1.82) is 0 Å². The number of aromatic amines is 1. The zero-order valence-electron chi connectivity index (χ0n) is 9.48. The molecule has 1 N–H and O–H groups in total. The molecule has 0 unspecified atom stereocenters. The van der Waals surface area contributed by atoms with E-state index in [4.69, 9.17) is 11.6 Å². The molecule has 1 nitrogen and oxygen atoms in total. The molecule has 1 heterocycles. The van der Waals surface area contributed by atoms with E-state index >= 15 is 0 Å². The molecule has 0 spiro atoms. The van der Waals surface area contributed by atoms with E-state index in [1.54, 1.807) is 12.1 Å². The maximum absolute atomic E-state index is 13.7. The Bertz CT molecular complexity index is 759. The Hall–Kier alpha value is -1.94. The van der Waals surface area contributed by atoms with Gasteiger partial charge in [-0.05, 0) is 30.3 Å². The van der Waals surface area contributed by atoms with E-state index in [9.17, 15) is 13.2 Å². The Morgan fingerprint density at radius 1 is 0.842 bits per heavy atom. The zero-order chi connectivity index (χ0) is 13.6. The van der Waals surface area contributed by atoms with Gasteiger partial charge in [0.1, 0.15) is 17.5 Å². The standard InChI is InChI=1S/C14H7ClF3N/c15-9-1-8-4-13(19-14(8)12(18)5-9)7-2-10(16)6-11(17)3-7/h1-6,19H.